The zero-order chi connectivity index (χ0) is 14.6. The maximum atomic E-state index is 11.0. The fraction of sp³-hybridized carbons (Fsp3) is 1.00. The van der Waals surface area contributed by atoms with Crippen molar-refractivity contribution in [3.8, 4) is 0 Å². The maximum Gasteiger partial charge on any atom is 0.397 e. The Morgan fingerprint density at radius 2 is 1.50 bits per heavy atom. The highest BCUT2D eigenvalue weighted by atomic mass is 32.3. The minimum atomic E-state index is -4.41. The van der Waals surface area contributed by atoms with Gasteiger partial charge in [-0.25, -0.2) is 4.18 Å². The summed E-state index contributed by atoms with van der Waals surface area (Å²) in [5.74, 6) is 0. The van der Waals surface area contributed by atoms with Crippen LogP contribution in [0, 0.1) is 10.8 Å². The highest BCUT2D eigenvalue weighted by Gasteiger charge is 2.38. The minimum absolute atomic E-state index is 0.0129. The summed E-state index contributed by atoms with van der Waals surface area (Å²) in [6.07, 6.45) is 2.67. The van der Waals surface area contributed by atoms with E-state index in [2.05, 4.69) is 20.8 Å². The van der Waals surface area contributed by atoms with Crippen LogP contribution in [0.1, 0.15) is 67.2 Å². The molecule has 4 nitrogen and oxygen atoms in total. The molecule has 0 rings (SSSR count). The quantitative estimate of drug-likeness (QED) is 0.686. The van der Waals surface area contributed by atoms with Gasteiger partial charge in [-0.3, -0.25) is 4.55 Å². The molecule has 0 radical (unpaired) electrons. The van der Waals surface area contributed by atoms with Crippen molar-refractivity contribution in [1.29, 1.82) is 0 Å². The molecule has 0 amide bonds. The molecule has 0 bridgehead atoms. The monoisotopic (exact) mass is 280 g/mol. The zero-order valence-corrected chi connectivity index (χ0v) is 13.3. The number of hydrogen-bond donors (Lipinski definition) is 1. The molecule has 18 heavy (non-hydrogen) atoms. The lowest BCUT2D eigenvalue weighted by Crippen LogP contribution is -2.38. The van der Waals surface area contributed by atoms with E-state index in [1.54, 1.807) is 0 Å². The second-order valence-corrected chi connectivity index (χ2v) is 7.14. The maximum absolute atomic E-state index is 11.0. The van der Waals surface area contributed by atoms with Gasteiger partial charge >= 0.3 is 10.4 Å². The number of rotatable bonds is 8. The first-order valence-corrected chi connectivity index (χ1v) is 8.02. The lowest BCUT2D eigenvalue weighted by atomic mass is 9.72. The summed E-state index contributed by atoms with van der Waals surface area (Å²) in [5, 5.41) is 0. The molecule has 0 saturated carbocycles. The van der Waals surface area contributed by atoms with E-state index in [9.17, 15) is 8.42 Å². The van der Waals surface area contributed by atoms with E-state index >= 15 is 0 Å². The molecule has 5 heteroatoms. The lowest BCUT2D eigenvalue weighted by Gasteiger charge is -2.39. The van der Waals surface area contributed by atoms with Gasteiger partial charge in [0.2, 0.25) is 0 Å². The summed E-state index contributed by atoms with van der Waals surface area (Å²) in [6, 6.07) is 0. The predicted molar refractivity (Wildman–Crippen MR) is 73.8 cm³/mol. The van der Waals surface area contributed by atoms with Crippen LogP contribution in [0.3, 0.4) is 0 Å². The van der Waals surface area contributed by atoms with Crippen molar-refractivity contribution in [2.75, 3.05) is 0 Å². The van der Waals surface area contributed by atoms with E-state index in [1.165, 1.54) is 0 Å². The molecular weight excluding hydrogens is 252 g/mol. The first kappa shape index (κ1) is 17.9. The molecule has 1 atom stereocenters. The first-order valence-electron chi connectivity index (χ1n) is 6.65. The SMILES string of the molecule is CCC(C)(C)CC(OS(=O)(=O)O)C(C)(CC)CC. The highest BCUT2D eigenvalue weighted by Crippen LogP contribution is 2.40. The molecule has 0 aliphatic rings. The minimum Gasteiger partial charge on any atom is -0.264 e. The van der Waals surface area contributed by atoms with Crippen molar-refractivity contribution in [3.63, 3.8) is 0 Å². The average molecular weight is 280 g/mol. The Hall–Kier alpha value is -0.130. The van der Waals surface area contributed by atoms with Gasteiger partial charge in [-0.15, -0.1) is 0 Å². The van der Waals surface area contributed by atoms with Crippen molar-refractivity contribution in [1.82, 2.24) is 0 Å². The Balaban J connectivity index is 5.18. The molecule has 0 saturated heterocycles. The van der Waals surface area contributed by atoms with Gasteiger partial charge < -0.3 is 0 Å². The molecule has 0 heterocycles. The molecule has 0 aliphatic carbocycles. The summed E-state index contributed by atoms with van der Waals surface area (Å²) in [7, 11) is -4.41. The van der Waals surface area contributed by atoms with Crippen LogP contribution in [0.5, 0.6) is 0 Å². The molecule has 1 unspecified atom stereocenters. The average Bonchev–Trinajstić information content (AvgIpc) is 2.25. The molecule has 110 valence electrons. The fourth-order valence-corrected chi connectivity index (χ4v) is 2.49. The van der Waals surface area contributed by atoms with E-state index in [0.717, 1.165) is 19.3 Å². The summed E-state index contributed by atoms with van der Waals surface area (Å²) in [6.45, 7) is 12.3. The summed E-state index contributed by atoms with van der Waals surface area (Å²) < 4.78 is 36.0. The fourth-order valence-electron chi connectivity index (χ4n) is 1.89. The normalized spacial score (nSPS) is 15.7. The third-order valence-corrected chi connectivity index (χ3v) is 4.80. The summed E-state index contributed by atoms with van der Waals surface area (Å²) in [5.41, 5.74) is -0.261. The van der Waals surface area contributed by atoms with Crippen LogP contribution in [-0.2, 0) is 14.6 Å². The van der Waals surface area contributed by atoms with E-state index in [-0.39, 0.29) is 10.8 Å². The second kappa shape index (κ2) is 6.35. The Bertz CT molecular complexity index is 342. The van der Waals surface area contributed by atoms with E-state index in [0.29, 0.717) is 6.42 Å². The van der Waals surface area contributed by atoms with Gasteiger partial charge in [-0.1, -0.05) is 48.0 Å². The Kier molecular flexibility index (Phi) is 6.30. The van der Waals surface area contributed by atoms with Gasteiger partial charge in [-0.05, 0) is 30.1 Å². The molecule has 1 N–H and O–H groups in total. The van der Waals surface area contributed by atoms with Gasteiger partial charge in [0, 0.05) is 0 Å². The predicted octanol–water partition coefficient (Wildman–Crippen LogP) is 3.83. The molecule has 0 fully saturated rings. The third kappa shape index (κ3) is 5.67. The van der Waals surface area contributed by atoms with Crippen LogP contribution in [-0.4, -0.2) is 19.1 Å². The van der Waals surface area contributed by atoms with Crippen LogP contribution in [0.2, 0.25) is 0 Å². The van der Waals surface area contributed by atoms with Crippen LogP contribution in [0.25, 0.3) is 0 Å². The van der Waals surface area contributed by atoms with Crippen molar-refractivity contribution < 1.29 is 17.2 Å². The van der Waals surface area contributed by atoms with E-state index in [4.69, 9.17) is 8.74 Å². The van der Waals surface area contributed by atoms with Crippen molar-refractivity contribution in [3.05, 3.63) is 0 Å². The van der Waals surface area contributed by atoms with E-state index in [1.807, 2.05) is 20.8 Å². The van der Waals surface area contributed by atoms with Gasteiger partial charge in [0.05, 0.1) is 6.10 Å². The lowest BCUT2D eigenvalue weighted by molar-refractivity contribution is 0.0140. The largest absolute Gasteiger partial charge is 0.397 e. The number of hydrogen-bond acceptors (Lipinski definition) is 3. The molecule has 0 aromatic carbocycles. The first-order chi connectivity index (χ1) is 7.99. The molecule has 0 spiro atoms. The van der Waals surface area contributed by atoms with Crippen LogP contribution < -0.4 is 0 Å². The summed E-state index contributed by atoms with van der Waals surface area (Å²) >= 11 is 0. The van der Waals surface area contributed by atoms with Gasteiger partial charge in [0.1, 0.15) is 0 Å². The zero-order valence-electron chi connectivity index (χ0n) is 12.5. The third-order valence-electron chi connectivity index (χ3n) is 4.33. The van der Waals surface area contributed by atoms with Crippen molar-refractivity contribution >= 4 is 10.4 Å². The molecule has 0 aromatic heterocycles. The second-order valence-electron chi connectivity index (χ2n) is 6.10. The van der Waals surface area contributed by atoms with E-state index < -0.39 is 16.5 Å². The van der Waals surface area contributed by atoms with Crippen molar-refractivity contribution in [2.45, 2.75) is 73.3 Å². The Morgan fingerprint density at radius 3 is 1.78 bits per heavy atom. The molecular formula is C13H28O4S. The van der Waals surface area contributed by atoms with Crippen LogP contribution in [0.15, 0.2) is 0 Å². The summed E-state index contributed by atoms with van der Waals surface area (Å²) in [4.78, 5) is 0. The van der Waals surface area contributed by atoms with Gasteiger partial charge in [0.15, 0.2) is 0 Å². The smallest absolute Gasteiger partial charge is 0.264 e. The van der Waals surface area contributed by atoms with Gasteiger partial charge in [0.25, 0.3) is 0 Å². The Morgan fingerprint density at radius 1 is 1.06 bits per heavy atom. The molecule has 0 aromatic rings. The van der Waals surface area contributed by atoms with Crippen LogP contribution >= 0.6 is 0 Å². The highest BCUT2D eigenvalue weighted by molar-refractivity contribution is 7.80. The van der Waals surface area contributed by atoms with Crippen molar-refractivity contribution in [2.24, 2.45) is 10.8 Å². The molecule has 0 aliphatic heterocycles. The standard InChI is InChI=1S/C13H28O4S/c1-7-12(4,5)10-11(17-18(14,15)16)13(6,8-2)9-3/h11H,7-10H2,1-6H3,(H,14,15,16). The van der Waals surface area contributed by atoms with Crippen LogP contribution in [0.4, 0.5) is 0 Å². The Labute approximate surface area is 112 Å². The topological polar surface area (TPSA) is 63.6 Å². The van der Waals surface area contributed by atoms with Gasteiger partial charge in [-0.2, -0.15) is 8.42 Å².